The third-order valence-electron chi connectivity index (χ3n) is 4.89. The molecular weight excluding hydrogens is 416 g/mol. The van der Waals surface area contributed by atoms with Crippen molar-refractivity contribution in [1.29, 1.82) is 0 Å². The van der Waals surface area contributed by atoms with Crippen LogP contribution in [-0.4, -0.2) is 33.8 Å². The molecule has 3 aromatic carbocycles. The predicted molar refractivity (Wildman–Crippen MR) is 119 cm³/mol. The molecule has 0 N–H and O–H groups in total. The molecule has 1 aromatic heterocycles. The summed E-state index contributed by atoms with van der Waals surface area (Å²) in [6.45, 7) is 0.196. The minimum absolute atomic E-state index is 0.137. The Morgan fingerprint density at radius 3 is 2.32 bits per heavy atom. The standard InChI is InChI=1S/C24H19F2N3OS/c1-29(14-17-6-2-5-9-21(17)26)22(30)15-31-24-20-8-4-3-7-19(20)23(27-28-24)16-10-12-18(25)13-11-16/h2-13H,14-15H2,1H3. The fraction of sp³-hybridized carbons (Fsp3) is 0.125. The second kappa shape index (κ2) is 9.22. The zero-order valence-corrected chi connectivity index (χ0v) is 17.6. The van der Waals surface area contributed by atoms with E-state index in [1.54, 1.807) is 37.4 Å². The average Bonchev–Trinajstić information content (AvgIpc) is 2.79. The number of carbonyl (C=O) groups excluding carboxylic acids is 1. The lowest BCUT2D eigenvalue weighted by molar-refractivity contribution is -0.127. The number of aromatic nitrogens is 2. The lowest BCUT2D eigenvalue weighted by Gasteiger charge is -2.17. The Kier molecular flexibility index (Phi) is 6.23. The number of carbonyl (C=O) groups is 1. The molecule has 0 unspecified atom stereocenters. The second-order valence-electron chi connectivity index (χ2n) is 7.04. The monoisotopic (exact) mass is 435 g/mol. The summed E-state index contributed by atoms with van der Waals surface area (Å²) < 4.78 is 27.1. The average molecular weight is 435 g/mol. The number of hydrogen-bond acceptors (Lipinski definition) is 4. The van der Waals surface area contributed by atoms with Gasteiger partial charge in [-0.3, -0.25) is 4.79 Å². The second-order valence-corrected chi connectivity index (χ2v) is 8.00. The Labute approximate surface area is 182 Å². The van der Waals surface area contributed by atoms with E-state index in [-0.39, 0.29) is 29.8 Å². The highest BCUT2D eigenvalue weighted by Crippen LogP contribution is 2.31. The summed E-state index contributed by atoms with van der Waals surface area (Å²) in [7, 11) is 1.65. The first-order valence-electron chi connectivity index (χ1n) is 9.64. The third-order valence-corrected chi connectivity index (χ3v) is 5.86. The van der Waals surface area contributed by atoms with Crippen molar-refractivity contribution < 1.29 is 13.6 Å². The molecule has 4 nitrogen and oxygen atoms in total. The zero-order chi connectivity index (χ0) is 21.8. The summed E-state index contributed by atoms with van der Waals surface area (Å²) in [4.78, 5) is 14.1. The van der Waals surface area contributed by atoms with E-state index in [0.29, 0.717) is 16.3 Å². The van der Waals surface area contributed by atoms with Crippen LogP contribution in [0.3, 0.4) is 0 Å². The highest BCUT2D eigenvalue weighted by Gasteiger charge is 2.15. The largest absolute Gasteiger partial charge is 0.341 e. The number of nitrogens with zero attached hydrogens (tertiary/aromatic N) is 3. The van der Waals surface area contributed by atoms with Crippen molar-refractivity contribution in [2.75, 3.05) is 12.8 Å². The normalized spacial score (nSPS) is 10.9. The number of benzene rings is 3. The number of halogens is 2. The van der Waals surface area contributed by atoms with Crippen LogP contribution in [0.2, 0.25) is 0 Å². The molecule has 4 rings (SSSR count). The van der Waals surface area contributed by atoms with Crippen molar-refractivity contribution >= 4 is 28.4 Å². The molecule has 156 valence electrons. The topological polar surface area (TPSA) is 46.1 Å². The van der Waals surface area contributed by atoms with Crippen LogP contribution < -0.4 is 0 Å². The van der Waals surface area contributed by atoms with Gasteiger partial charge in [-0.1, -0.05) is 54.2 Å². The van der Waals surface area contributed by atoms with E-state index < -0.39 is 0 Å². The summed E-state index contributed by atoms with van der Waals surface area (Å²) >= 11 is 1.29. The van der Waals surface area contributed by atoms with Crippen LogP contribution in [0.1, 0.15) is 5.56 Å². The van der Waals surface area contributed by atoms with E-state index in [1.165, 1.54) is 34.9 Å². The summed E-state index contributed by atoms with van der Waals surface area (Å²) in [6.07, 6.45) is 0. The quantitative estimate of drug-likeness (QED) is 0.384. The molecule has 0 aliphatic rings. The third kappa shape index (κ3) is 4.72. The van der Waals surface area contributed by atoms with Gasteiger partial charge in [0.15, 0.2) is 0 Å². The van der Waals surface area contributed by atoms with Gasteiger partial charge in [0.25, 0.3) is 0 Å². The molecule has 31 heavy (non-hydrogen) atoms. The fourth-order valence-corrected chi connectivity index (χ4v) is 4.13. The van der Waals surface area contributed by atoms with Crippen LogP contribution in [0.5, 0.6) is 0 Å². The molecule has 0 aliphatic carbocycles. The van der Waals surface area contributed by atoms with Gasteiger partial charge in [0.1, 0.15) is 22.4 Å². The van der Waals surface area contributed by atoms with Crippen LogP contribution in [0.25, 0.3) is 22.0 Å². The van der Waals surface area contributed by atoms with E-state index in [2.05, 4.69) is 10.2 Å². The minimum Gasteiger partial charge on any atom is -0.341 e. The Bertz CT molecular complexity index is 1230. The molecule has 0 bridgehead atoms. The molecule has 1 heterocycles. The molecule has 1 amide bonds. The van der Waals surface area contributed by atoms with Crippen molar-refractivity contribution in [2.24, 2.45) is 0 Å². The first-order valence-corrected chi connectivity index (χ1v) is 10.6. The smallest absolute Gasteiger partial charge is 0.233 e. The van der Waals surface area contributed by atoms with Crippen LogP contribution in [0.15, 0.2) is 77.8 Å². The fourth-order valence-electron chi connectivity index (χ4n) is 3.22. The summed E-state index contributed by atoms with van der Waals surface area (Å²) in [5.74, 6) is -0.629. The van der Waals surface area contributed by atoms with Crippen LogP contribution in [0.4, 0.5) is 8.78 Å². The van der Waals surface area contributed by atoms with Gasteiger partial charge in [0, 0.05) is 35.5 Å². The lowest BCUT2D eigenvalue weighted by Crippen LogP contribution is -2.28. The summed E-state index contributed by atoms with van der Waals surface area (Å²) in [5.41, 5.74) is 1.89. The molecule has 0 spiro atoms. The molecule has 0 saturated heterocycles. The number of rotatable bonds is 6. The Balaban J connectivity index is 1.52. The number of fused-ring (bicyclic) bond motifs is 1. The summed E-state index contributed by atoms with van der Waals surface area (Å²) in [5, 5.41) is 11.0. The minimum atomic E-state index is -0.331. The SMILES string of the molecule is CN(Cc1ccccc1F)C(=O)CSc1nnc(-c2ccc(F)cc2)c2ccccc12. The molecule has 0 saturated carbocycles. The lowest BCUT2D eigenvalue weighted by atomic mass is 10.1. The van der Waals surface area contributed by atoms with Crippen LogP contribution in [0, 0.1) is 11.6 Å². The van der Waals surface area contributed by atoms with Gasteiger partial charge >= 0.3 is 0 Å². The van der Waals surface area contributed by atoms with Crippen LogP contribution >= 0.6 is 11.8 Å². The molecule has 0 fully saturated rings. The van der Waals surface area contributed by atoms with Gasteiger partial charge in [0.05, 0.1) is 5.75 Å². The van der Waals surface area contributed by atoms with Gasteiger partial charge in [-0.15, -0.1) is 10.2 Å². The van der Waals surface area contributed by atoms with Gasteiger partial charge < -0.3 is 4.90 Å². The van der Waals surface area contributed by atoms with Crippen molar-refractivity contribution in [3.8, 4) is 11.3 Å². The van der Waals surface area contributed by atoms with Crippen molar-refractivity contribution in [3.63, 3.8) is 0 Å². The van der Waals surface area contributed by atoms with E-state index >= 15 is 0 Å². The molecule has 0 atom stereocenters. The molecule has 7 heteroatoms. The number of amides is 1. The number of hydrogen-bond donors (Lipinski definition) is 0. The maximum atomic E-state index is 13.9. The van der Waals surface area contributed by atoms with Crippen molar-refractivity contribution in [2.45, 2.75) is 11.6 Å². The van der Waals surface area contributed by atoms with Crippen LogP contribution in [-0.2, 0) is 11.3 Å². The Morgan fingerprint density at radius 1 is 0.903 bits per heavy atom. The van der Waals surface area contributed by atoms with Gasteiger partial charge in [-0.2, -0.15) is 0 Å². The van der Waals surface area contributed by atoms with Gasteiger partial charge in [-0.05, 0) is 30.3 Å². The van der Waals surface area contributed by atoms with Crippen molar-refractivity contribution in [1.82, 2.24) is 15.1 Å². The van der Waals surface area contributed by atoms with E-state index in [9.17, 15) is 13.6 Å². The maximum Gasteiger partial charge on any atom is 0.233 e. The Morgan fingerprint density at radius 2 is 1.58 bits per heavy atom. The van der Waals surface area contributed by atoms with Gasteiger partial charge in [0.2, 0.25) is 5.91 Å². The predicted octanol–water partition coefficient (Wildman–Crippen LogP) is 5.33. The first kappa shape index (κ1) is 20.9. The summed E-state index contributed by atoms with van der Waals surface area (Å²) in [6, 6.07) is 20.2. The molecule has 0 aliphatic heterocycles. The van der Waals surface area contributed by atoms with E-state index in [1.807, 2.05) is 24.3 Å². The van der Waals surface area contributed by atoms with Gasteiger partial charge in [-0.25, -0.2) is 8.78 Å². The maximum absolute atomic E-state index is 13.9. The zero-order valence-electron chi connectivity index (χ0n) is 16.8. The highest BCUT2D eigenvalue weighted by molar-refractivity contribution is 8.00. The van der Waals surface area contributed by atoms with Crippen molar-refractivity contribution in [3.05, 3.63) is 90.0 Å². The number of thioether (sulfide) groups is 1. The van der Waals surface area contributed by atoms with E-state index in [4.69, 9.17) is 0 Å². The molecular formula is C24H19F2N3OS. The highest BCUT2D eigenvalue weighted by atomic mass is 32.2. The molecule has 4 aromatic rings. The van der Waals surface area contributed by atoms with E-state index in [0.717, 1.165) is 16.3 Å². The first-order chi connectivity index (χ1) is 15.0. The Hall–Kier alpha value is -3.32. The molecule has 0 radical (unpaired) electrons.